The van der Waals surface area contributed by atoms with Gasteiger partial charge >= 0.3 is 0 Å². The summed E-state index contributed by atoms with van der Waals surface area (Å²) in [5, 5.41) is 3.74. The molecule has 0 radical (unpaired) electrons. The van der Waals surface area contributed by atoms with E-state index < -0.39 is 0 Å². The highest BCUT2D eigenvalue weighted by Crippen LogP contribution is 2.18. The Hall–Kier alpha value is -1.75. The third-order valence-corrected chi connectivity index (χ3v) is 4.03. The fourth-order valence-corrected chi connectivity index (χ4v) is 2.50. The molecule has 1 amide bonds. The maximum absolute atomic E-state index is 11.9. The summed E-state index contributed by atoms with van der Waals surface area (Å²) in [7, 11) is 1.91. The Balaban J connectivity index is 1.86. The summed E-state index contributed by atoms with van der Waals surface area (Å²) in [6.07, 6.45) is 3.59. The molecule has 0 fully saturated rings. The van der Waals surface area contributed by atoms with Gasteiger partial charge in [0.15, 0.2) is 5.16 Å². The van der Waals surface area contributed by atoms with Crippen molar-refractivity contribution < 1.29 is 4.79 Å². The van der Waals surface area contributed by atoms with Crippen LogP contribution in [0.3, 0.4) is 0 Å². The minimum absolute atomic E-state index is 0.0182. The van der Waals surface area contributed by atoms with Crippen molar-refractivity contribution in [2.75, 3.05) is 11.1 Å². The van der Waals surface area contributed by atoms with Gasteiger partial charge < -0.3 is 9.88 Å². The van der Waals surface area contributed by atoms with Gasteiger partial charge in [-0.15, -0.1) is 0 Å². The Morgan fingerprint density at radius 1 is 1.35 bits per heavy atom. The van der Waals surface area contributed by atoms with Crippen LogP contribution in [-0.2, 0) is 11.8 Å². The van der Waals surface area contributed by atoms with Crippen LogP contribution >= 0.6 is 11.8 Å². The van der Waals surface area contributed by atoms with Crippen molar-refractivity contribution in [3.8, 4) is 0 Å². The molecular formula is C15H19N3OS. The maximum Gasteiger partial charge on any atom is 0.234 e. The molecule has 106 valence electrons. The second kappa shape index (κ2) is 6.61. The molecule has 5 heteroatoms. The van der Waals surface area contributed by atoms with Crippen molar-refractivity contribution in [3.63, 3.8) is 0 Å². The second-order valence-corrected chi connectivity index (χ2v) is 5.88. The Bertz CT molecular complexity index is 575. The lowest BCUT2D eigenvalue weighted by molar-refractivity contribution is -0.113. The van der Waals surface area contributed by atoms with Crippen molar-refractivity contribution in [1.82, 2.24) is 9.55 Å². The third-order valence-electron chi connectivity index (χ3n) is 2.97. The van der Waals surface area contributed by atoms with Crippen molar-refractivity contribution >= 4 is 23.4 Å². The first-order valence-corrected chi connectivity index (χ1v) is 7.54. The van der Waals surface area contributed by atoms with Gasteiger partial charge in [-0.2, -0.15) is 0 Å². The quantitative estimate of drug-likeness (QED) is 0.859. The molecule has 1 aromatic carbocycles. The zero-order valence-electron chi connectivity index (χ0n) is 12.0. The van der Waals surface area contributed by atoms with Crippen LogP contribution in [0.15, 0.2) is 41.8 Å². The molecule has 1 N–H and O–H groups in total. The summed E-state index contributed by atoms with van der Waals surface area (Å²) in [4.78, 5) is 16.0. The fraction of sp³-hybridized carbons (Fsp3) is 0.333. The first-order chi connectivity index (χ1) is 9.56. The first kappa shape index (κ1) is 14.7. The average Bonchev–Trinajstić information content (AvgIpc) is 2.82. The fourth-order valence-electron chi connectivity index (χ4n) is 1.77. The molecule has 0 saturated carbocycles. The summed E-state index contributed by atoms with van der Waals surface area (Å²) in [6, 6.07) is 7.98. The number of thioether (sulfide) groups is 1. The Kier molecular flexibility index (Phi) is 4.84. The number of aromatic nitrogens is 2. The van der Waals surface area contributed by atoms with E-state index >= 15 is 0 Å². The molecular weight excluding hydrogens is 270 g/mol. The molecule has 0 bridgehead atoms. The molecule has 2 aromatic rings. The Morgan fingerprint density at radius 3 is 2.60 bits per heavy atom. The normalized spacial score (nSPS) is 10.8. The lowest BCUT2D eigenvalue weighted by Crippen LogP contribution is -2.14. The van der Waals surface area contributed by atoms with Crippen LogP contribution in [0.1, 0.15) is 25.3 Å². The van der Waals surface area contributed by atoms with Gasteiger partial charge in [-0.1, -0.05) is 37.7 Å². The van der Waals surface area contributed by atoms with Crippen LogP contribution < -0.4 is 5.32 Å². The van der Waals surface area contributed by atoms with E-state index in [9.17, 15) is 4.79 Å². The van der Waals surface area contributed by atoms with E-state index in [1.165, 1.54) is 17.3 Å². The molecule has 1 aromatic heterocycles. The number of carbonyl (C=O) groups excluding carboxylic acids is 1. The molecule has 20 heavy (non-hydrogen) atoms. The molecule has 0 unspecified atom stereocenters. The summed E-state index contributed by atoms with van der Waals surface area (Å²) >= 11 is 1.43. The van der Waals surface area contributed by atoms with Crippen molar-refractivity contribution in [3.05, 3.63) is 42.2 Å². The first-order valence-electron chi connectivity index (χ1n) is 6.56. The van der Waals surface area contributed by atoms with Gasteiger partial charge in [-0.3, -0.25) is 4.79 Å². The van der Waals surface area contributed by atoms with E-state index in [1.807, 2.05) is 42.1 Å². The van der Waals surface area contributed by atoms with Crippen molar-refractivity contribution in [2.45, 2.75) is 24.9 Å². The molecule has 0 spiro atoms. The van der Waals surface area contributed by atoms with Crippen molar-refractivity contribution in [2.24, 2.45) is 7.05 Å². The summed E-state index contributed by atoms with van der Waals surface area (Å²) in [6.45, 7) is 4.30. The zero-order valence-corrected chi connectivity index (χ0v) is 12.8. The lowest BCUT2D eigenvalue weighted by atomic mass is 10.0. The van der Waals surface area contributed by atoms with Crippen LogP contribution in [0, 0.1) is 0 Å². The van der Waals surface area contributed by atoms with E-state index in [2.05, 4.69) is 24.1 Å². The number of carbonyl (C=O) groups is 1. The molecule has 0 aliphatic carbocycles. The number of rotatable bonds is 5. The van der Waals surface area contributed by atoms with Gasteiger partial charge in [-0.05, 0) is 23.6 Å². The molecule has 0 aliphatic rings. The molecule has 0 atom stereocenters. The standard InChI is InChI=1S/C15H19N3OS/c1-11(2)12-4-6-13(7-5-12)17-14(19)10-20-15-16-8-9-18(15)3/h4-9,11H,10H2,1-3H3,(H,17,19). The molecule has 0 saturated heterocycles. The summed E-state index contributed by atoms with van der Waals surface area (Å²) in [5.41, 5.74) is 2.10. The Morgan fingerprint density at radius 2 is 2.05 bits per heavy atom. The number of amides is 1. The van der Waals surface area contributed by atoms with E-state index in [-0.39, 0.29) is 5.91 Å². The number of nitrogens with one attached hydrogen (secondary N) is 1. The largest absolute Gasteiger partial charge is 0.329 e. The van der Waals surface area contributed by atoms with E-state index in [1.54, 1.807) is 6.20 Å². The summed E-state index contributed by atoms with van der Waals surface area (Å²) in [5.74, 6) is 0.838. The van der Waals surface area contributed by atoms with Gasteiger partial charge in [0, 0.05) is 25.1 Å². The molecule has 1 heterocycles. The number of imidazole rings is 1. The van der Waals surface area contributed by atoms with Crippen LogP contribution in [-0.4, -0.2) is 21.2 Å². The number of hydrogen-bond donors (Lipinski definition) is 1. The van der Waals surface area contributed by atoms with Gasteiger partial charge in [-0.25, -0.2) is 4.98 Å². The number of anilines is 1. The minimum Gasteiger partial charge on any atom is -0.329 e. The van der Waals surface area contributed by atoms with Crippen LogP contribution in [0.4, 0.5) is 5.69 Å². The number of benzene rings is 1. The lowest BCUT2D eigenvalue weighted by Gasteiger charge is -2.08. The molecule has 2 rings (SSSR count). The van der Waals surface area contributed by atoms with Gasteiger partial charge in [0.25, 0.3) is 0 Å². The van der Waals surface area contributed by atoms with Gasteiger partial charge in [0.05, 0.1) is 5.75 Å². The molecule has 4 nitrogen and oxygen atoms in total. The summed E-state index contributed by atoms with van der Waals surface area (Å²) < 4.78 is 1.90. The topological polar surface area (TPSA) is 46.9 Å². The van der Waals surface area contributed by atoms with E-state index in [0.717, 1.165) is 10.8 Å². The SMILES string of the molecule is CC(C)c1ccc(NC(=O)CSc2nccn2C)cc1. The second-order valence-electron chi connectivity index (χ2n) is 4.93. The molecule has 0 aliphatic heterocycles. The smallest absolute Gasteiger partial charge is 0.234 e. The van der Waals surface area contributed by atoms with Crippen LogP contribution in [0.2, 0.25) is 0 Å². The van der Waals surface area contributed by atoms with Gasteiger partial charge in [0.1, 0.15) is 0 Å². The third kappa shape index (κ3) is 3.87. The predicted molar refractivity (Wildman–Crippen MR) is 83.1 cm³/mol. The van der Waals surface area contributed by atoms with E-state index in [4.69, 9.17) is 0 Å². The highest BCUT2D eigenvalue weighted by Gasteiger charge is 2.07. The van der Waals surface area contributed by atoms with Crippen LogP contribution in [0.5, 0.6) is 0 Å². The highest BCUT2D eigenvalue weighted by molar-refractivity contribution is 7.99. The van der Waals surface area contributed by atoms with E-state index in [0.29, 0.717) is 11.7 Å². The maximum atomic E-state index is 11.9. The highest BCUT2D eigenvalue weighted by atomic mass is 32.2. The Labute approximate surface area is 123 Å². The predicted octanol–water partition coefficient (Wildman–Crippen LogP) is 3.27. The zero-order chi connectivity index (χ0) is 14.5. The average molecular weight is 289 g/mol. The van der Waals surface area contributed by atoms with Crippen molar-refractivity contribution in [1.29, 1.82) is 0 Å². The number of aryl methyl sites for hydroxylation is 1. The number of nitrogens with zero attached hydrogens (tertiary/aromatic N) is 2. The van der Waals surface area contributed by atoms with Crippen LogP contribution in [0.25, 0.3) is 0 Å². The monoisotopic (exact) mass is 289 g/mol. The minimum atomic E-state index is -0.0182. The van der Waals surface area contributed by atoms with Gasteiger partial charge in [0.2, 0.25) is 5.91 Å². The number of hydrogen-bond acceptors (Lipinski definition) is 3.